The fourth-order valence-corrected chi connectivity index (χ4v) is 14.9. The number of rotatable bonds is 25. The van der Waals surface area contributed by atoms with E-state index in [1.807, 2.05) is 143 Å². The third-order valence-corrected chi connectivity index (χ3v) is 21.5. The molecule has 0 aromatic heterocycles. The van der Waals surface area contributed by atoms with E-state index in [4.69, 9.17) is 28.4 Å². The summed E-state index contributed by atoms with van der Waals surface area (Å²) in [4.78, 5) is 40.3. The normalized spacial score (nSPS) is 23.0. The number of carbonyl (C=O) groups is 3. The second kappa shape index (κ2) is 35.9. The highest BCUT2D eigenvalue weighted by Crippen LogP contribution is 2.40. The molecule has 21 nitrogen and oxygen atoms in total. The van der Waals surface area contributed by atoms with Crippen LogP contribution in [0, 0.1) is 53.0 Å². The lowest BCUT2D eigenvalue weighted by Gasteiger charge is -2.41. The first kappa shape index (κ1) is 78.7. The summed E-state index contributed by atoms with van der Waals surface area (Å²) in [5.41, 5.74) is 7.06. The fraction of sp³-hybridized carbons (Fsp3) is 0.488. The summed E-state index contributed by atoms with van der Waals surface area (Å²) in [6.45, 7) is 27.4. The first-order valence-electron chi connectivity index (χ1n) is 37.2. The van der Waals surface area contributed by atoms with Crippen molar-refractivity contribution in [3.05, 3.63) is 145 Å². The number of nitrogens with zero attached hydrogens (tertiary/aromatic N) is 9. The van der Waals surface area contributed by atoms with Crippen LogP contribution in [0.4, 0.5) is 47.3 Å². The molecule has 6 aliphatic rings. The molecule has 10 unspecified atom stereocenters. The largest absolute Gasteiger partial charge is 0.497 e. The Morgan fingerprint density at radius 3 is 1.18 bits per heavy atom. The van der Waals surface area contributed by atoms with Gasteiger partial charge in [0.1, 0.15) is 70.3 Å². The fourth-order valence-electron chi connectivity index (χ4n) is 14.9. The first-order valence-corrected chi connectivity index (χ1v) is 37.2. The van der Waals surface area contributed by atoms with Gasteiger partial charge in [0, 0.05) is 130 Å². The molecule has 0 spiro atoms. The highest BCUT2D eigenvalue weighted by Gasteiger charge is 2.40. The molecule has 3 N–H and O–H groups in total. The van der Waals surface area contributed by atoms with Gasteiger partial charge in [0.05, 0.1) is 91.8 Å². The zero-order chi connectivity index (χ0) is 76.0. The molecule has 0 saturated carbocycles. The van der Waals surface area contributed by atoms with Crippen molar-refractivity contribution in [2.75, 3.05) is 89.3 Å². The van der Waals surface area contributed by atoms with E-state index in [0.29, 0.717) is 92.7 Å². The second-order valence-electron chi connectivity index (χ2n) is 28.7. The predicted octanol–water partition coefficient (Wildman–Crippen LogP) is 16.0. The number of carboxylic acids is 3. The lowest BCUT2D eigenvalue weighted by Crippen LogP contribution is -2.48. The van der Waals surface area contributed by atoms with E-state index in [0.717, 1.165) is 83.5 Å². The Morgan fingerprint density at radius 1 is 0.462 bits per heavy atom. The van der Waals surface area contributed by atoms with Crippen LogP contribution in [0.25, 0.3) is 0 Å². The van der Waals surface area contributed by atoms with Crippen LogP contribution in [0.15, 0.2) is 143 Å². The number of benzene rings is 6. The van der Waals surface area contributed by atoms with Gasteiger partial charge >= 0.3 is 17.9 Å². The maximum absolute atomic E-state index is 14.7. The van der Waals surface area contributed by atoms with Crippen LogP contribution >= 0.6 is 0 Å². The molecule has 12 rings (SSSR count). The van der Waals surface area contributed by atoms with Gasteiger partial charge < -0.3 is 58.4 Å². The monoisotopic (exact) mass is 1460 g/mol. The third-order valence-electron chi connectivity index (χ3n) is 21.5. The number of hydrogen-bond acceptors (Lipinski definition) is 18. The minimum atomic E-state index is -0.832. The number of piperidine rings is 3. The molecule has 570 valence electrons. The minimum absolute atomic E-state index is 0.00655. The predicted molar refractivity (Wildman–Crippen MR) is 410 cm³/mol. The molecule has 6 aromatic carbocycles. The molecular formula is C82H104F3N9O12. The van der Waals surface area contributed by atoms with Crippen LogP contribution in [0.3, 0.4) is 0 Å². The molecule has 6 heterocycles. The van der Waals surface area contributed by atoms with Crippen molar-refractivity contribution in [2.24, 2.45) is 50.8 Å². The zero-order valence-electron chi connectivity index (χ0n) is 63.0. The van der Waals surface area contributed by atoms with Gasteiger partial charge in [-0.05, 0) is 156 Å². The Balaban J connectivity index is 0.000000170. The molecule has 24 heteroatoms. The molecule has 3 saturated heterocycles. The second-order valence-corrected chi connectivity index (χ2v) is 28.7. The quantitative estimate of drug-likeness (QED) is 0.0484. The molecule has 0 radical (unpaired) electrons. The SMILES string of the molecule is CCOc1ccc(F)c(N2CCC(Oc3ccc(N4N=C(C)C(C)C4CC(=O)O)cc3)C(C(C)C)C2)c1.CCOc1ccc(F)c(N2CCC(Oc3ccc(N4N=C(C)C(C)C4CC(=O)O)cc3)C(CC)C2)c1.COc1ccc(F)c(N2CCC(Oc3ccc(N4N=C(C)C(C)C4CC(=O)O)cc3)CC2)c1. The summed E-state index contributed by atoms with van der Waals surface area (Å²) in [6, 6.07) is 37.1. The van der Waals surface area contributed by atoms with E-state index < -0.39 is 17.9 Å². The number of anilines is 6. The van der Waals surface area contributed by atoms with Crippen molar-refractivity contribution in [1.29, 1.82) is 0 Å². The van der Waals surface area contributed by atoms with Crippen molar-refractivity contribution >= 4 is 69.2 Å². The Bertz CT molecular complexity index is 4050. The van der Waals surface area contributed by atoms with Crippen LogP contribution < -0.4 is 58.1 Å². The van der Waals surface area contributed by atoms with Crippen LogP contribution in [-0.4, -0.2) is 146 Å². The van der Waals surface area contributed by atoms with Crippen molar-refractivity contribution in [2.45, 2.75) is 164 Å². The topological polar surface area (TPSA) is 224 Å². The lowest BCUT2D eigenvalue weighted by atomic mass is 9.85. The average molecular weight is 1460 g/mol. The molecule has 6 aromatic rings. The number of aliphatic carboxylic acids is 3. The molecular weight excluding hydrogens is 1360 g/mol. The molecule has 10 atom stereocenters. The van der Waals surface area contributed by atoms with Gasteiger partial charge in [-0.25, -0.2) is 13.2 Å². The maximum atomic E-state index is 14.7. The van der Waals surface area contributed by atoms with Crippen molar-refractivity contribution in [3.8, 4) is 34.5 Å². The first-order chi connectivity index (χ1) is 50.8. The summed E-state index contributed by atoms with van der Waals surface area (Å²) in [5, 5.41) is 47.2. The number of carboxylic acid groups (broad SMARTS) is 3. The smallest absolute Gasteiger partial charge is 0.305 e. The number of halogens is 3. The average Bonchev–Trinajstić information content (AvgIpc) is 1.36. The lowest BCUT2D eigenvalue weighted by molar-refractivity contribution is -0.138. The van der Waals surface area contributed by atoms with Gasteiger partial charge in [-0.1, -0.05) is 41.5 Å². The van der Waals surface area contributed by atoms with Crippen LogP contribution in [0.2, 0.25) is 0 Å². The summed E-state index contributed by atoms with van der Waals surface area (Å²) in [5.74, 6) is 2.11. The Labute approximate surface area is 621 Å². The molecule has 0 bridgehead atoms. The van der Waals surface area contributed by atoms with E-state index in [9.17, 15) is 42.9 Å². The zero-order valence-corrected chi connectivity index (χ0v) is 63.0. The van der Waals surface area contributed by atoms with Gasteiger partial charge in [-0.15, -0.1) is 0 Å². The van der Waals surface area contributed by atoms with Gasteiger partial charge in [0.2, 0.25) is 0 Å². The van der Waals surface area contributed by atoms with Crippen LogP contribution in [0.5, 0.6) is 34.5 Å². The summed E-state index contributed by atoms with van der Waals surface area (Å²) < 4.78 is 79.0. The molecule has 106 heavy (non-hydrogen) atoms. The van der Waals surface area contributed by atoms with Gasteiger partial charge in [-0.2, -0.15) is 15.3 Å². The number of hydrogen-bond donors (Lipinski definition) is 3. The van der Waals surface area contributed by atoms with Gasteiger partial charge in [0.15, 0.2) is 0 Å². The van der Waals surface area contributed by atoms with Crippen molar-refractivity contribution in [3.63, 3.8) is 0 Å². The van der Waals surface area contributed by atoms with Crippen LogP contribution in [-0.2, 0) is 14.4 Å². The van der Waals surface area contributed by atoms with E-state index in [2.05, 4.69) is 45.9 Å². The van der Waals surface area contributed by atoms with Gasteiger partial charge in [-0.3, -0.25) is 29.4 Å². The number of methoxy groups -OCH3 is 1. The Kier molecular flexibility index (Phi) is 26.7. The third kappa shape index (κ3) is 19.4. The highest BCUT2D eigenvalue weighted by molar-refractivity contribution is 5.91. The van der Waals surface area contributed by atoms with Crippen molar-refractivity contribution < 1.29 is 71.3 Å². The van der Waals surface area contributed by atoms with E-state index in [1.165, 1.54) is 18.2 Å². The highest BCUT2D eigenvalue weighted by atomic mass is 19.1. The van der Waals surface area contributed by atoms with Gasteiger partial charge in [0.25, 0.3) is 0 Å². The molecule has 0 aliphatic carbocycles. The maximum Gasteiger partial charge on any atom is 0.305 e. The van der Waals surface area contributed by atoms with Crippen LogP contribution in [0.1, 0.15) is 128 Å². The molecule has 6 aliphatic heterocycles. The molecule has 3 fully saturated rings. The Hall–Kier alpha value is -9.87. The minimum Gasteiger partial charge on any atom is -0.497 e. The number of hydrazone groups is 3. The molecule has 0 amide bonds. The summed E-state index contributed by atoms with van der Waals surface area (Å²) in [6.07, 6.45) is 4.23. The van der Waals surface area contributed by atoms with E-state index >= 15 is 0 Å². The standard InChI is InChI=1S/C29H38FN3O4.C28H36FN3O4.C25H30FN3O4/c1-6-36-23-11-12-25(30)27(15-23)32-14-13-28(24(17-32)18(2)3)37-22-9-7-21(8-10-22)33-26(16-29(34)35)19(4)20(5)31-33;1-5-20-17-31(26-15-23(35-6-2)11-12-24(26)29)14-13-27(20)36-22-9-7-21(8-10-22)32-25(16-28(33)34)18(3)19(4)30-32;1-16-17(2)27-29(23(16)15-25(30)31)18-4-6-19(7-5-18)33-20-10-12-28(13-11-20)24-14-21(32-3)8-9-22(24)26/h7-12,15,18-19,24,26,28H,6,13-14,16-17H2,1-5H3,(H,34,35);7-12,15,18,20,25,27H,5-6,13-14,16-17H2,1-4H3,(H,33,34);4-9,14,16,20,23H,10-13,15H2,1-3H3,(H,30,31). The van der Waals surface area contributed by atoms with E-state index in [-0.39, 0.29) is 103 Å². The van der Waals surface area contributed by atoms with E-state index in [1.54, 1.807) is 48.5 Å². The number of ether oxygens (including phenoxy) is 6. The summed E-state index contributed by atoms with van der Waals surface area (Å²) >= 11 is 0. The summed E-state index contributed by atoms with van der Waals surface area (Å²) in [7, 11) is 1.58. The Morgan fingerprint density at radius 2 is 0.802 bits per heavy atom. The van der Waals surface area contributed by atoms with Crippen molar-refractivity contribution in [1.82, 2.24) is 0 Å².